The molecule has 0 unspecified atom stereocenters. The van der Waals surface area contributed by atoms with Crippen LogP contribution in [0.5, 0.6) is 0 Å². The topological polar surface area (TPSA) is 48.5 Å². The Bertz CT molecular complexity index is 662. The molecule has 3 rings (SSSR count). The maximum atomic E-state index is 12.8. The fraction of sp³-hybridized carbons (Fsp3) is 0.500. The molecule has 2 aromatic heterocycles. The van der Waals surface area contributed by atoms with E-state index in [2.05, 4.69) is 45.0 Å². The number of rotatable bonds is 7. The van der Waals surface area contributed by atoms with E-state index in [0.29, 0.717) is 6.54 Å². The molecule has 1 fully saturated rings. The van der Waals surface area contributed by atoms with Gasteiger partial charge in [0.05, 0.1) is 0 Å². The molecule has 0 saturated carbocycles. The lowest BCUT2D eigenvalue weighted by molar-refractivity contribution is 0.162. The van der Waals surface area contributed by atoms with Crippen molar-refractivity contribution in [3.63, 3.8) is 0 Å². The monoisotopic (exact) mass is 372 g/mol. The minimum atomic E-state index is 0.0614. The maximum Gasteiger partial charge on any atom is 0.317 e. The van der Waals surface area contributed by atoms with Crippen LogP contribution in [-0.2, 0) is 13.1 Å². The summed E-state index contributed by atoms with van der Waals surface area (Å²) < 4.78 is 0. The highest BCUT2D eigenvalue weighted by Crippen LogP contribution is 2.15. The molecule has 1 aliphatic rings. The lowest BCUT2D eigenvalue weighted by Gasteiger charge is -2.34. The van der Waals surface area contributed by atoms with Crippen molar-refractivity contribution in [2.45, 2.75) is 45.3 Å². The molecule has 0 bridgehead atoms. The number of carbonyl (C=O) groups excluding carboxylic acids is 1. The van der Waals surface area contributed by atoms with Crippen LogP contribution >= 0.6 is 11.3 Å². The molecule has 1 N–H and O–H groups in total. The fourth-order valence-corrected chi connectivity index (χ4v) is 4.12. The van der Waals surface area contributed by atoms with Gasteiger partial charge in [-0.2, -0.15) is 11.3 Å². The van der Waals surface area contributed by atoms with Crippen molar-refractivity contribution < 1.29 is 4.79 Å². The summed E-state index contributed by atoms with van der Waals surface area (Å²) in [5.41, 5.74) is 2.44. The number of hydrogen-bond donors (Lipinski definition) is 1. The summed E-state index contributed by atoms with van der Waals surface area (Å²) >= 11 is 1.68. The molecule has 6 heteroatoms. The van der Waals surface area contributed by atoms with Gasteiger partial charge >= 0.3 is 6.03 Å². The summed E-state index contributed by atoms with van der Waals surface area (Å²) in [6.07, 6.45) is 6.86. The van der Waals surface area contributed by atoms with E-state index >= 15 is 0 Å². The smallest absolute Gasteiger partial charge is 0.317 e. The number of thiophene rings is 1. The van der Waals surface area contributed by atoms with Gasteiger partial charge in [0.2, 0.25) is 0 Å². The Kier molecular flexibility index (Phi) is 7.03. The average Bonchev–Trinajstić information content (AvgIpc) is 3.16. The van der Waals surface area contributed by atoms with E-state index in [4.69, 9.17) is 0 Å². The molecule has 26 heavy (non-hydrogen) atoms. The van der Waals surface area contributed by atoms with Gasteiger partial charge < -0.3 is 10.2 Å². The first kappa shape index (κ1) is 18.9. The second-order valence-electron chi connectivity index (χ2n) is 6.94. The first-order valence-corrected chi connectivity index (χ1v) is 10.4. The highest BCUT2D eigenvalue weighted by Gasteiger charge is 2.23. The summed E-state index contributed by atoms with van der Waals surface area (Å²) in [6.45, 7) is 6.47. The van der Waals surface area contributed by atoms with E-state index in [1.54, 1.807) is 17.5 Å². The zero-order chi connectivity index (χ0) is 18.2. The van der Waals surface area contributed by atoms with Crippen LogP contribution in [0, 0.1) is 0 Å². The molecule has 3 heterocycles. The first-order valence-electron chi connectivity index (χ1n) is 9.42. The number of carbonyl (C=O) groups is 1. The maximum absolute atomic E-state index is 12.8. The molecule has 1 saturated heterocycles. The van der Waals surface area contributed by atoms with E-state index < -0.39 is 0 Å². The van der Waals surface area contributed by atoms with E-state index in [1.165, 1.54) is 11.1 Å². The van der Waals surface area contributed by atoms with Crippen molar-refractivity contribution in [3.8, 4) is 0 Å². The number of nitrogens with zero attached hydrogens (tertiary/aromatic N) is 3. The third-order valence-corrected chi connectivity index (χ3v) is 5.43. The van der Waals surface area contributed by atoms with E-state index in [9.17, 15) is 4.79 Å². The van der Waals surface area contributed by atoms with Crippen LogP contribution < -0.4 is 5.32 Å². The van der Waals surface area contributed by atoms with Gasteiger partial charge in [-0.25, -0.2) is 4.79 Å². The van der Waals surface area contributed by atoms with Gasteiger partial charge in [-0.3, -0.25) is 9.88 Å². The number of urea groups is 1. The van der Waals surface area contributed by atoms with Crippen molar-refractivity contribution in [2.75, 3.05) is 19.6 Å². The number of aromatic nitrogens is 1. The minimum absolute atomic E-state index is 0.0614. The number of likely N-dealkylation sites (tertiary alicyclic amines) is 1. The van der Waals surface area contributed by atoms with Gasteiger partial charge in [-0.1, -0.05) is 13.0 Å². The van der Waals surface area contributed by atoms with Gasteiger partial charge in [-0.05, 0) is 59.8 Å². The molecule has 5 nitrogen and oxygen atoms in total. The minimum Gasteiger partial charge on any atom is -0.334 e. The largest absolute Gasteiger partial charge is 0.334 e. The van der Waals surface area contributed by atoms with Crippen LogP contribution in [0.2, 0.25) is 0 Å². The van der Waals surface area contributed by atoms with Crippen LogP contribution in [0.4, 0.5) is 4.79 Å². The summed E-state index contributed by atoms with van der Waals surface area (Å²) in [7, 11) is 0. The summed E-state index contributed by atoms with van der Waals surface area (Å²) in [5, 5.41) is 7.45. The molecular weight excluding hydrogens is 344 g/mol. The van der Waals surface area contributed by atoms with Crippen molar-refractivity contribution in [3.05, 3.63) is 52.5 Å². The van der Waals surface area contributed by atoms with Crippen molar-refractivity contribution >= 4 is 17.4 Å². The second-order valence-corrected chi connectivity index (χ2v) is 7.72. The molecule has 1 aliphatic heterocycles. The average molecular weight is 373 g/mol. The van der Waals surface area contributed by atoms with Crippen LogP contribution in [-0.4, -0.2) is 46.5 Å². The molecule has 2 aromatic rings. The Morgan fingerprint density at radius 1 is 1.42 bits per heavy atom. The summed E-state index contributed by atoms with van der Waals surface area (Å²) in [6, 6.07) is 6.46. The number of nitrogens with one attached hydrogen (secondary N) is 1. The Balaban J connectivity index is 1.53. The van der Waals surface area contributed by atoms with E-state index in [1.807, 2.05) is 17.2 Å². The van der Waals surface area contributed by atoms with Crippen LogP contribution in [0.15, 0.2) is 41.4 Å². The van der Waals surface area contributed by atoms with Gasteiger partial charge in [0, 0.05) is 44.6 Å². The van der Waals surface area contributed by atoms with E-state index in [-0.39, 0.29) is 12.1 Å². The van der Waals surface area contributed by atoms with Crippen molar-refractivity contribution in [1.29, 1.82) is 0 Å². The van der Waals surface area contributed by atoms with Gasteiger partial charge in [0.1, 0.15) is 0 Å². The Morgan fingerprint density at radius 2 is 2.35 bits per heavy atom. The normalized spacial score (nSPS) is 17.8. The van der Waals surface area contributed by atoms with Gasteiger partial charge in [0.15, 0.2) is 0 Å². The fourth-order valence-electron chi connectivity index (χ4n) is 3.46. The predicted molar refractivity (Wildman–Crippen MR) is 106 cm³/mol. The van der Waals surface area contributed by atoms with Crippen molar-refractivity contribution in [2.24, 2.45) is 0 Å². The molecular formula is C20H28N4OS. The molecule has 2 amide bonds. The highest BCUT2D eigenvalue weighted by molar-refractivity contribution is 7.07. The van der Waals surface area contributed by atoms with Crippen molar-refractivity contribution in [1.82, 2.24) is 20.1 Å². The number of hydrogen-bond acceptors (Lipinski definition) is 4. The number of amides is 2. The molecule has 0 radical (unpaired) electrons. The Hall–Kier alpha value is -1.92. The van der Waals surface area contributed by atoms with Crippen LogP contribution in [0.25, 0.3) is 0 Å². The zero-order valence-electron chi connectivity index (χ0n) is 15.4. The number of pyridine rings is 1. The quantitative estimate of drug-likeness (QED) is 0.806. The standard InChI is InChI=1S/C20H28N4OS/c1-2-9-24(14-18-7-11-26-16-18)20(25)22-19-6-4-10-23(15-19)13-17-5-3-8-21-12-17/h3,5,7-8,11-12,16,19H,2,4,6,9-10,13-15H2,1H3,(H,22,25)/t19-/m1/s1. The van der Waals surface area contributed by atoms with Crippen LogP contribution in [0.1, 0.15) is 37.3 Å². The van der Waals surface area contributed by atoms with Gasteiger partial charge in [-0.15, -0.1) is 0 Å². The second kappa shape index (κ2) is 9.69. The first-order chi connectivity index (χ1) is 12.7. The van der Waals surface area contributed by atoms with Crippen LogP contribution in [0.3, 0.4) is 0 Å². The highest BCUT2D eigenvalue weighted by atomic mass is 32.1. The molecule has 0 spiro atoms. The van der Waals surface area contributed by atoms with E-state index in [0.717, 1.165) is 45.4 Å². The molecule has 0 aromatic carbocycles. The predicted octanol–water partition coefficient (Wildman–Crippen LogP) is 3.73. The summed E-state index contributed by atoms with van der Waals surface area (Å²) in [4.78, 5) is 21.3. The third-order valence-electron chi connectivity index (χ3n) is 4.70. The SMILES string of the molecule is CCCN(Cc1ccsc1)C(=O)N[C@@H]1CCCN(Cc2cccnc2)C1. The third kappa shape index (κ3) is 5.54. The molecule has 0 aliphatic carbocycles. The molecule has 140 valence electrons. The zero-order valence-corrected chi connectivity index (χ0v) is 16.3. The Morgan fingerprint density at radius 3 is 3.08 bits per heavy atom. The number of piperidine rings is 1. The Labute approximate surface area is 160 Å². The lowest BCUT2D eigenvalue weighted by Crippen LogP contribution is -2.51. The van der Waals surface area contributed by atoms with Gasteiger partial charge in [0.25, 0.3) is 0 Å². The summed E-state index contributed by atoms with van der Waals surface area (Å²) in [5.74, 6) is 0. The molecule has 1 atom stereocenters. The lowest BCUT2D eigenvalue weighted by atomic mass is 10.1.